The molecule has 1 aliphatic rings. The quantitative estimate of drug-likeness (QED) is 0.454. The molecule has 4 rings (SSSR count). The van der Waals surface area contributed by atoms with Crippen molar-refractivity contribution in [3.05, 3.63) is 93.7 Å². The van der Waals surface area contributed by atoms with Gasteiger partial charge in [-0.1, -0.05) is 58.7 Å². The second kappa shape index (κ2) is 8.58. The van der Waals surface area contributed by atoms with Gasteiger partial charge < -0.3 is 0 Å². The van der Waals surface area contributed by atoms with Crippen molar-refractivity contribution in [2.75, 3.05) is 0 Å². The molecule has 154 valence electrons. The van der Waals surface area contributed by atoms with E-state index in [1.165, 1.54) is 22.6 Å². The molecule has 1 aromatic heterocycles. The van der Waals surface area contributed by atoms with Crippen LogP contribution < -0.4 is 0 Å². The lowest BCUT2D eigenvalue weighted by molar-refractivity contribution is 0.337. The topological polar surface area (TPSA) is 55.7 Å². The fourth-order valence-corrected chi connectivity index (χ4v) is 5.09. The Balaban J connectivity index is 1.64. The van der Waals surface area contributed by atoms with Crippen LogP contribution >= 0.6 is 11.3 Å². The van der Waals surface area contributed by atoms with Gasteiger partial charge in [-0.15, -0.1) is 11.3 Å². The van der Waals surface area contributed by atoms with Crippen LogP contribution in [0.15, 0.2) is 82.2 Å². The first-order valence-electron chi connectivity index (χ1n) is 9.79. The van der Waals surface area contributed by atoms with Gasteiger partial charge >= 0.3 is 10.1 Å². The van der Waals surface area contributed by atoms with Crippen molar-refractivity contribution in [1.82, 2.24) is 0 Å². The maximum Gasteiger partial charge on any atom is 0.358 e. The Morgan fingerprint density at radius 2 is 1.60 bits per heavy atom. The van der Waals surface area contributed by atoms with Gasteiger partial charge in [0.15, 0.2) is 0 Å². The van der Waals surface area contributed by atoms with E-state index in [9.17, 15) is 8.42 Å². The molecule has 0 saturated heterocycles. The maximum absolute atomic E-state index is 12.5. The van der Waals surface area contributed by atoms with E-state index in [0.29, 0.717) is 12.1 Å². The van der Waals surface area contributed by atoms with Crippen LogP contribution in [0.1, 0.15) is 40.3 Å². The smallest absolute Gasteiger partial charge is 0.265 e. The van der Waals surface area contributed by atoms with E-state index in [1.54, 1.807) is 23.5 Å². The van der Waals surface area contributed by atoms with E-state index in [4.69, 9.17) is 4.28 Å². The normalized spacial score (nSPS) is 18.3. The molecule has 3 aromatic rings. The molecule has 0 N–H and O–H groups in total. The first-order valence-corrected chi connectivity index (χ1v) is 12.1. The summed E-state index contributed by atoms with van der Waals surface area (Å²) in [4.78, 5) is 1.37. The molecule has 0 spiro atoms. The first kappa shape index (κ1) is 20.6. The maximum atomic E-state index is 12.5. The Morgan fingerprint density at radius 1 is 0.933 bits per heavy atom. The zero-order valence-corrected chi connectivity index (χ0v) is 18.5. The number of rotatable bonds is 5. The van der Waals surface area contributed by atoms with Gasteiger partial charge in [0.1, 0.15) is 4.90 Å². The van der Waals surface area contributed by atoms with Crippen molar-refractivity contribution in [1.29, 1.82) is 0 Å². The number of nitrogens with zero attached hydrogens (tertiary/aromatic N) is 1. The Hall–Kier alpha value is -2.70. The Kier molecular flexibility index (Phi) is 5.88. The molecule has 0 saturated carbocycles. The molecule has 0 bridgehead atoms. The van der Waals surface area contributed by atoms with E-state index in [2.05, 4.69) is 47.8 Å². The fraction of sp³-hybridized carbons (Fsp3) is 0.208. The molecule has 0 radical (unpaired) electrons. The lowest BCUT2D eigenvalue weighted by Gasteiger charge is -2.23. The number of hydrogen-bond donors (Lipinski definition) is 0. The van der Waals surface area contributed by atoms with Crippen molar-refractivity contribution in [2.45, 2.75) is 37.5 Å². The summed E-state index contributed by atoms with van der Waals surface area (Å²) in [5.41, 5.74) is 5.07. The third kappa shape index (κ3) is 4.71. The molecule has 6 heteroatoms. The summed E-state index contributed by atoms with van der Waals surface area (Å²) in [5, 5.41) is 6.13. The Bertz CT molecular complexity index is 1170. The van der Waals surface area contributed by atoms with E-state index in [1.807, 2.05) is 19.1 Å². The van der Waals surface area contributed by atoms with Crippen LogP contribution in [0.25, 0.3) is 5.57 Å². The predicted molar refractivity (Wildman–Crippen MR) is 122 cm³/mol. The number of aryl methyl sites for hydroxylation is 2. The van der Waals surface area contributed by atoms with Gasteiger partial charge in [-0.25, -0.2) is 0 Å². The molecular formula is C24H23NO3S2. The minimum absolute atomic E-state index is 0.103. The molecule has 1 aliphatic carbocycles. The fourth-order valence-electron chi connectivity index (χ4n) is 3.51. The van der Waals surface area contributed by atoms with Crippen LogP contribution in [0, 0.1) is 13.8 Å². The molecule has 1 heterocycles. The monoisotopic (exact) mass is 437 g/mol. The summed E-state index contributed by atoms with van der Waals surface area (Å²) in [7, 11) is -3.95. The summed E-state index contributed by atoms with van der Waals surface area (Å²) < 4.78 is 30.2. The molecule has 0 aliphatic heterocycles. The van der Waals surface area contributed by atoms with Crippen LogP contribution in [-0.2, 0) is 14.4 Å². The molecule has 30 heavy (non-hydrogen) atoms. The number of oxime groups is 1. The van der Waals surface area contributed by atoms with Crippen LogP contribution in [0.5, 0.6) is 0 Å². The number of allylic oxidation sites excluding steroid dienone is 2. The van der Waals surface area contributed by atoms with Gasteiger partial charge in [0.2, 0.25) is 0 Å². The molecule has 0 fully saturated rings. The standard InChI is InChI=1S/C24H23NO3S2/c1-17-5-9-19(10-6-17)20-14-21(24-4-3-13-29-24)16-22(15-20)25-28-30(26,27)23-11-7-18(2)8-12-23/h3-13,15,21H,14,16H2,1-2H3/b25-22-. The molecule has 0 amide bonds. The number of benzene rings is 2. The minimum atomic E-state index is -3.95. The molecule has 1 unspecified atom stereocenters. The van der Waals surface area contributed by atoms with Gasteiger partial charge in [0, 0.05) is 17.2 Å². The summed E-state index contributed by atoms with van der Waals surface area (Å²) >= 11 is 1.71. The van der Waals surface area contributed by atoms with Gasteiger partial charge in [0.25, 0.3) is 0 Å². The highest BCUT2D eigenvalue weighted by molar-refractivity contribution is 7.86. The SMILES string of the molecule is Cc1ccc(C2=C/C(=N/OS(=O)(=O)c3ccc(C)cc3)CC(c3cccs3)C2)cc1. The third-order valence-corrected chi connectivity index (χ3v) is 7.35. The van der Waals surface area contributed by atoms with Crippen molar-refractivity contribution in [3.63, 3.8) is 0 Å². The van der Waals surface area contributed by atoms with Gasteiger partial charge in [0.05, 0.1) is 5.71 Å². The van der Waals surface area contributed by atoms with Crippen molar-refractivity contribution < 1.29 is 12.7 Å². The van der Waals surface area contributed by atoms with E-state index in [0.717, 1.165) is 23.1 Å². The summed E-state index contributed by atoms with van der Waals surface area (Å²) in [5.74, 6) is 0.246. The van der Waals surface area contributed by atoms with Crippen molar-refractivity contribution >= 4 is 32.7 Å². The van der Waals surface area contributed by atoms with E-state index >= 15 is 0 Å². The third-order valence-electron chi connectivity index (χ3n) is 5.19. The Labute approximate surface area is 181 Å². The number of hydrogen-bond acceptors (Lipinski definition) is 5. The average molecular weight is 438 g/mol. The second-order valence-corrected chi connectivity index (χ2v) is 10.1. The second-order valence-electron chi connectivity index (χ2n) is 7.58. The van der Waals surface area contributed by atoms with Crippen molar-refractivity contribution in [2.24, 2.45) is 5.16 Å². The highest BCUT2D eigenvalue weighted by Crippen LogP contribution is 2.38. The van der Waals surface area contributed by atoms with Crippen molar-refractivity contribution in [3.8, 4) is 0 Å². The van der Waals surface area contributed by atoms with Gasteiger partial charge in [-0.3, -0.25) is 4.28 Å². The largest absolute Gasteiger partial charge is 0.358 e. The van der Waals surface area contributed by atoms with E-state index in [-0.39, 0.29) is 10.8 Å². The molecule has 2 aromatic carbocycles. The van der Waals surface area contributed by atoms with Crippen LogP contribution in [0.2, 0.25) is 0 Å². The summed E-state index contributed by atoms with van der Waals surface area (Å²) in [6.07, 6.45) is 3.48. The minimum Gasteiger partial charge on any atom is -0.265 e. The zero-order chi connectivity index (χ0) is 21.1. The van der Waals surface area contributed by atoms with Gasteiger partial charge in [-0.2, -0.15) is 8.42 Å². The summed E-state index contributed by atoms with van der Waals surface area (Å²) in [6, 6.07) is 19.1. The molecule has 4 nitrogen and oxygen atoms in total. The highest BCUT2D eigenvalue weighted by atomic mass is 32.2. The van der Waals surface area contributed by atoms with Crippen LogP contribution in [-0.4, -0.2) is 14.1 Å². The lowest BCUT2D eigenvalue weighted by Crippen LogP contribution is -2.13. The van der Waals surface area contributed by atoms with Crippen LogP contribution in [0.4, 0.5) is 0 Å². The highest BCUT2D eigenvalue weighted by Gasteiger charge is 2.24. The first-order chi connectivity index (χ1) is 14.4. The average Bonchev–Trinajstić information content (AvgIpc) is 3.28. The molecular weight excluding hydrogens is 414 g/mol. The number of thiophene rings is 1. The Morgan fingerprint density at radius 3 is 2.23 bits per heavy atom. The summed E-state index contributed by atoms with van der Waals surface area (Å²) in [6.45, 7) is 3.96. The predicted octanol–water partition coefficient (Wildman–Crippen LogP) is 6.09. The van der Waals surface area contributed by atoms with Gasteiger partial charge in [-0.05, 0) is 61.1 Å². The van der Waals surface area contributed by atoms with Crippen LogP contribution in [0.3, 0.4) is 0 Å². The zero-order valence-electron chi connectivity index (χ0n) is 16.9. The lowest BCUT2D eigenvalue weighted by atomic mass is 9.83. The molecule has 1 atom stereocenters. The van der Waals surface area contributed by atoms with E-state index < -0.39 is 10.1 Å².